The Balaban J connectivity index is 1.48. The molecule has 0 unspecified atom stereocenters. The molecule has 158 valence electrons. The van der Waals surface area contributed by atoms with Crippen molar-refractivity contribution in [1.29, 1.82) is 0 Å². The number of pyridine rings is 1. The minimum atomic E-state index is -0.319. The number of nitrogens with zero attached hydrogens (tertiary/aromatic N) is 2. The summed E-state index contributed by atoms with van der Waals surface area (Å²) in [7, 11) is 0. The minimum Gasteiger partial charge on any atom is -0.321 e. The van der Waals surface area contributed by atoms with Gasteiger partial charge in [0.15, 0.2) is 0 Å². The van der Waals surface area contributed by atoms with Crippen LogP contribution in [0.3, 0.4) is 0 Å². The molecule has 6 nitrogen and oxygen atoms in total. The first-order valence-electron chi connectivity index (χ1n) is 10.5. The Morgan fingerprint density at radius 2 is 1.65 bits per heavy atom. The average Bonchev–Trinajstić information content (AvgIpc) is 2.74. The van der Waals surface area contributed by atoms with Gasteiger partial charge in [0.1, 0.15) is 5.82 Å². The maximum absolute atomic E-state index is 12.9. The third-order valence-corrected chi connectivity index (χ3v) is 5.39. The quantitative estimate of drug-likeness (QED) is 0.627. The Morgan fingerprint density at radius 1 is 0.903 bits per heavy atom. The van der Waals surface area contributed by atoms with Gasteiger partial charge in [-0.2, -0.15) is 0 Å². The van der Waals surface area contributed by atoms with Crippen LogP contribution in [0.15, 0.2) is 60.8 Å². The Morgan fingerprint density at radius 3 is 2.29 bits per heavy atom. The summed E-state index contributed by atoms with van der Waals surface area (Å²) in [5, 5.41) is 5.68. The van der Waals surface area contributed by atoms with Gasteiger partial charge >= 0.3 is 0 Å². The Labute approximate surface area is 182 Å². The molecule has 4 rings (SSSR count). The smallest absolute Gasteiger partial charge is 0.258 e. The summed E-state index contributed by atoms with van der Waals surface area (Å²) in [6, 6.07) is 16.6. The molecule has 1 saturated heterocycles. The fourth-order valence-corrected chi connectivity index (χ4v) is 3.43. The molecule has 2 amide bonds. The van der Waals surface area contributed by atoms with E-state index in [0.29, 0.717) is 22.6 Å². The van der Waals surface area contributed by atoms with Gasteiger partial charge in [-0.15, -0.1) is 0 Å². The first-order chi connectivity index (χ1) is 15.0. The summed E-state index contributed by atoms with van der Waals surface area (Å²) >= 11 is 0. The second kappa shape index (κ2) is 9.10. The lowest BCUT2D eigenvalue weighted by molar-refractivity contribution is 0.102. The molecule has 1 aromatic heterocycles. The number of anilines is 2. The van der Waals surface area contributed by atoms with Gasteiger partial charge in [0, 0.05) is 18.3 Å². The second-order valence-electron chi connectivity index (χ2n) is 8.00. The number of rotatable bonds is 6. The van der Waals surface area contributed by atoms with Crippen molar-refractivity contribution in [3.05, 3.63) is 88.6 Å². The number of benzene rings is 2. The highest BCUT2D eigenvalue weighted by atomic mass is 16.2. The molecule has 1 aliphatic heterocycles. The topological polar surface area (TPSA) is 74.3 Å². The van der Waals surface area contributed by atoms with Crippen molar-refractivity contribution in [2.45, 2.75) is 26.8 Å². The van der Waals surface area contributed by atoms with E-state index in [-0.39, 0.29) is 11.8 Å². The first-order valence-corrected chi connectivity index (χ1v) is 10.5. The molecule has 2 heterocycles. The van der Waals surface area contributed by atoms with E-state index >= 15 is 0 Å². The molecule has 31 heavy (non-hydrogen) atoms. The summed E-state index contributed by atoms with van der Waals surface area (Å²) in [6.07, 6.45) is 2.95. The molecule has 0 bridgehead atoms. The van der Waals surface area contributed by atoms with Crippen LogP contribution in [0, 0.1) is 13.8 Å². The highest BCUT2D eigenvalue weighted by molar-refractivity contribution is 6.12. The van der Waals surface area contributed by atoms with Crippen molar-refractivity contribution in [3.8, 4) is 0 Å². The number of hydrogen-bond acceptors (Lipinski definition) is 4. The third kappa shape index (κ3) is 5.16. The standard InChI is InChI=1S/C25H26N4O2/c1-17-4-10-22(21(14-17)25(31)28-23-11-5-18(2)15-26-23)27-24(30)20-8-6-19(7-9-20)16-29-12-3-13-29/h4-11,14-15H,3,12-13,16H2,1-2H3,(H,27,30)(H,26,28,31). The Kier molecular flexibility index (Phi) is 6.09. The van der Waals surface area contributed by atoms with Crippen molar-refractivity contribution in [2.75, 3.05) is 23.7 Å². The van der Waals surface area contributed by atoms with Gasteiger partial charge in [0.2, 0.25) is 0 Å². The van der Waals surface area contributed by atoms with E-state index in [2.05, 4.69) is 20.5 Å². The van der Waals surface area contributed by atoms with E-state index < -0.39 is 0 Å². The number of carbonyl (C=O) groups is 2. The molecule has 0 radical (unpaired) electrons. The number of likely N-dealkylation sites (tertiary alicyclic amines) is 1. The number of aromatic nitrogens is 1. The highest BCUT2D eigenvalue weighted by Crippen LogP contribution is 2.21. The predicted molar refractivity (Wildman–Crippen MR) is 122 cm³/mol. The molecule has 2 N–H and O–H groups in total. The summed E-state index contributed by atoms with van der Waals surface area (Å²) in [5.74, 6) is -0.103. The van der Waals surface area contributed by atoms with Crippen LogP contribution in [0.25, 0.3) is 0 Å². The van der Waals surface area contributed by atoms with Gasteiger partial charge in [-0.05, 0) is 74.8 Å². The molecule has 0 atom stereocenters. The summed E-state index contributed by atoms with van der Waals surface area (Å²) < 4.78 is 0. The summed E-state index contributed by atoms with van der Waals surface area (Å²) in [4.78, 5) is 32.3. The van der Waals surface area contributed by atoms with Gasteiger partial charge in [0.05, 0.1) is 11.3 Å². The zero-order valence-corrected chi connectivity index (χ0v) is 17.8. The van der Waals surface area contributed by atoms with E-state index in [1.807, 2.05) is 50.2 Å². The zero-order chi connectivity index (χ0) is 21.8. The van der Waals surface area contributed by atoms with Crippen LogP contribution in [0.5, 0.6) is 0 Å². The van der Waals surface area contributed by atoms with E-state index in [1.165, 1.54) is 12.0 Å². The van der Waals surface area contributed by atoms with Crippen molar-refractivity contribution >= 4 is 23.3 Å². The van der Waals surface area contributed by atoms with Crippen LogP contribution < -0.4 is 10.6 Å². The lowest BCUT2D eigenvalue weighted by atomic mass is 10.1. The molecule has 0 spiro atoms. The number of amides is 2. The Hall–Kier alpha value is -3.51. The first kappa shape index (κ1) is 20.8. The van der Waals surface area contributed by atoms with Gasteiger partial charge in [-0.3, -0.25) is 14.5 Å². The maximum atomic E-state index is 12.9. The van der Waals surface area contributed by atoms with Crippen molar-refractivity contribution in [3.63, 3.8) is 0 Å². The molecule has 1 fully saturated rings. The van der Waals surface area contributed by atoms with Gasteiger partial charge in [0.25, 0.3) is 11.8 Å². The zero-order valence-electron chi connectivity index (χ0n) is 17.8. The second-order valence-corrected chi connectivity index (χ2v) is 8.00. The number of carbonyl (C=O) groups excluding carboxylic acids is 2. The lowest BCUT2D eigenvalue weighted by Gasteiger charge is -2.30. The summed E-state index contributed by atoms with van der Waals surface area (Å²) in [6.45, 7) is 7.03. The van der Waals surface area contributed by atoms with Crippen LogP contribution in [0.1, 0.15) is 43.8 Å². The molecular weight excluding hydrogens is 388 g/mol. The number of nitrogens with one attached hydrogen (secondary N) is 2. The van der Waals surface area contributed by atoms with E-state index in [4.69, 9.17) is 0 Å². The van der Waals surface area contributed by atoms with E-state index in [9.17, 15) is 9.59 Å². The summed E-state index contributed by atoms with van der Waals surface area (Å²) in [5.41, 5.74) is 4.54. The average molecular weight is 415 g/mol. The van der Waals surface area contributed by atoms with E-state index in [0.717, 1.165) is 30.8 Å². The normalized spacial score (nSPS) is 13.4. The van der Waals surface area contributed by atoms with Crippen LogP contribution in [0.2, 0.25) is 0 Å². The predicted octanol–water partition coefficient (Wildman–Crippen LogP) is 4.41. The van der Waals surface area contributed by atoms with E-state index in [1.54, 1.807) is 24.4 Å². The van der Waals surface area contributed by atoms with Crippen molar-refractivity contribution < 1.29 is 9.59 Å². The van der Waals surface area contributed by atoms with Crippen LogP contribution in [0.4, 0.5) is 11.5 Å². The van der Waals surface area contributed by atoms with Crippen molar-refractivity contribution in [1.82, 2.24) is 9.88 Å². The molecule has 3 aromatic rings. The monoisotopic (exact) mass is 414 g/mol. The molecular formula is C25H26N4O2. The van der Waals surface area contributed by atoms with Crippen LogP contribution in [-0.4, -0.2) is 34.8 Å². The fourth-order valence-electron chi connectivity index (χ4n) is 3.43. The van der Waals surface area contributed by atoms with Gasteiger partial charge < -0.3 is 10.6 Å². The SMILES string of the molecule is Cc1ccc(NC(=O)c2cc(C)ccc2NC(=O)c2ccc(CN3CCC3)cc2)nc1. The van der Waals surface area contributed by atoms with Crippen molar-refractivity contribution in [2.24, 2.45) is 0 Å². The Bertz CT molecular complexity index is 1090. The maximum Gasteiger partial charge on any atom is 0.258 e. The molecule has 0 aliphatic carbocycles. The third-order valence-electron chi connectivity index (χ3n) is 5.39. The number of aryl methyl sites for hydroxylation is 2. The molecule has 0 saturated carbocycles. The number of hydrogen-bond donors (Lipinski definition) is 2. The van der Waals surface area contributed by atoms with Crippen LogP contribution in [-0.2, 0) is 6.54 Å². The molecule has 6 heteroatoms. The van der Waals surface area contributed by atoms with Crippen LogP contribution >= 0.6 is 0 Å². The fraction of sp³-hybridized carbons (Fsp3) is 0.240. The van der Waals surface area contributed by atoms with Gasteiger partial charge in [-0.1, -0.05) is 29.8 Å². The van der Waals surface area contributed by atoms with Gasteiger partial charge in [-0.25, -0.2) is 4.98 Å². The lowest BCUT2D eigenvalue weighted by Crippen LogP contribution is -2.36. The molecule has 1 aliphatic rings. The minimum absolute atomic E-state index is 0.248. The molecule has 2 aromatic carbocycles. The largest absolute Gasteiger partial charge is 0.321 e. The highest BCUT2D eigenvalue weighted by Gasteiger charge is 2.17.